The number of aromatic carboxylic acids is 1. The van der Waals surface area contributed by atoms with E-state index in [9.17, 15) is 9.90 Å². The Morgan fingerprint density at radius 2 is 1.25 bits per heavy atom. The van der Waals surface area contributed by atoms with Gasteiger partial charge in [-0.15, -0.1) is 0 Å². The monoisotopic (exact) mass is 338 g/mol. The molecule has 136 valence electrons. The van der Waals surface area contributed by atoms with Gasteiger partial charge in [-0.05, 0) is 19.3 Å². The van der Waals surface area contributed by atoms with E-state index in [1.54, 1.807) is 12.1 Å². The van der Waals surface area contributed by atoms with E-state index in [0.717, 1.165) is 38.5 Å². The molecule has 24 heavy (non-hydrogen) atoms. The van der Waals surface area contributed by atoms with Crippen LogP contribution in [0.5, 0.6) is 17.2 Å². The molecule has 0 spiro atoms. The minimum Gasteiger partial charge on any atom is -0.493 e. The zero-order chi connectivity index (χ0) is 17.8. The van der Waals surface area contributed by atoms with Gasteiger partial charge in [0.05, 0.1) is 19.8 Å². The van der Waals surface area contributed by atoms with E-state index in [2.05, 4.69) is 20.8 Å². The van der Waals surface area contributed by atoms with E-state index in [-0.39, 0.29) is 5.56 Å². The number of ether oxygens (including phenoxy) is 3. The standard InChI is InChI=1S/C19H30O5/c1-4-7-10-22-15-13-16(23-11-8-5-2)18(19(20)21)17(14-15)24-12-9-6-3/h13-14H,4-12H2,1-3H3,(H,20,21). The van der Waals surface area contributed by atoms with Gasteiger partial charge in [-0.1, -0.05) is 40.0 Å². The predicted octanol–water partition coefficient (Wildman–Crippen LogP) is 4.92. The summed E-state index contributed by atoms with van der Waals surface area (Å²) in [5, 5.41) is 9.56. The first-order valence-electron chi connectivity index (χ1n) is 8.93. The number of benzene rings is 1. The maximum absolute atomic E-state index is 11.7. The highest BCUT2D eigenvalue weighted by Gasteiger charge is 2.20. The zero-order valence-corrected chi connectivity index (χ0v) is 15.1. The molecule has 0 amide bonds. The number of hydrogen-bond donors (Lipinski definition) is 1. The molecule has 1 N–H and O–H groups in total. The number of carboxylic acids is 1. The molecule has 0 saturated heterocycles. The van der Waals surface area contributed by atoms with E-state index in [4.69, 9.17) is 14.2 Å². The van der Waals surface area contributed by atoms with Crippen LogP contribution in [0.4, 0.5) is 0 Å². The second-order valence-corrected chi connectivity index (χ2v) is 5.71. The average Bonchev–Trinajstić information content (AvgIpc) is 2.55. The van der Waals surface area contributed by atoms with Crippen LogP contribution in [0.1, 0.15) is 69.7 Å². The van der Waals surface area contributed by atoms with E-state index in [1.165, 1.54) is 0 Å². The van der Waals surface area contributed by atoms with Crippen LogP contribution in [0.25, 0.3) is 0 Å². The molecule has 5 nitrogen and oxygen atoms in total. The highest BCUT2D eigenvalue weighted by Crippen LogP contribution is 2.35. The largest absolute Gasteiger partial charge is 0.493 e. The number of hydrogen-bond acceptors (Lipinski definition) is 4. The van der Waals surface area contributed by atoms with Crippen LogP contribution < -0.4 is 14.2 Å². The Morgan fingerprint density at radius 1 is 0.833 bits per heavy atom. The van der Waals surface area contributed by atoms with Crippen molar-refractivity contribution in [1.82, 2.24) is 0 Å². The molecule has 1 rings (SSSR count). The molecule has 0 fully saturated rings. The van der Waals surface area contributed by atoms with Gasteiger partial charge in [0, 0.05) is 12.1 Å². The van der Waals surface area contributed by atoms with Crippen molar-refractivity contribution in [2.24, 2.45) is 0 Å². The summed E-state index contributed by atoms with van der Waals surface area (Å²) in [6.45, 7) is 7.75. The van der Waals surface area contributed by atoms with Gasteiger partial charge in [-0.2, -0.15) is 0 Å². The van der Waals surface area contributed by atoms with Gasteiger partial charge >= 0.3 is 5.97 Å². The van der Waals surface area contributed by atoms with E-state index >= 15 is 0 Å². The highest BCUT2D eigenvalue weighted by atomic mass is 16.5. The van der Waals surface area contributed by atoms with Crippen molar-refractivity contribution in [1.29, 1.82) is 0 Å². The Balaban J connectivity index is 3.06. The van der Waals surface area contributed by atoms with Crippen LogP contribution in [-0.4, -0.2) is 30.9 Å². The molecule has 1 aromatic rings. The van der Waals surface area contributed by atoms with Crippen molar-refractivity contribution in [3.05, 3.63) is 17.7 Å². The molecule has 0 heterocycles. The molecule has 0 atom stereocenters. The summed E-state index contributed by atoms with van der Waals surface area (Å²) in [7, 11) is 0. The second kappa shape index (κ2) is 11.6. The minimum atomic E-state index is -1.05. The molecule has 0 aliphatic carbocycles. The highest BCUT2D eigenvalue weighted by molar-refractivity contribution is 5.94. The van der Waals surface area contributed by atoms with Gasteiger partial charge in [0.15, 0.2) is 0 Å². The van der Waals surface area contributed by atoms with E-state index < -0.39 is 5.97 Å². The lowest BCUT2D eigenvalue weighted by molar-refractivity contribution is 0.0687. The summed E-state index contributed by atoms with van der Waals surface area (Å²) in [5.74, 6) is 0.174. The Bertz CT molecular complexity index is 468. The normalized spacial score (nSPS) is 10.5. The Hall–Kier alpha value is -1.91. The number of unbranched alkanes of at least 4 members (excludes halogenated alkanes) is 3. The fourth-order valence-corrected chi connectivity index (χ4v) is 2.07. The molecule has 0 aliphatic rings. The number of carbonyl (C=O) groups is 1. The second-order valence-electron chi connectivity index (χ2n) is 5.71. The van der Waals surface area contributed by atoms with E-state index in [0.29, 0.717) is 37.1 Å². The zero-order valence-electron chi connectivity index (χ0n) is 15.1. The topological polar surface area (TPSA) is 65.0 Å². The van der Waals surface area contributed by atoms with Crippen molar-refractivity contribution in [2.45, 2.75) is 59.3 Å². The fourth-order valence-electron chi connectivity index (χ4n) is 2.07. The van der Waals surface area contributed by atoms with Gasteiger partial charge in [0.2, 0.25) is 0 Å². The lowest BCUT2D eigenvalue weighted by Crippen LogP contribution is -2.09. The third-order valence-electron chi connectivity index (χ3n) is 3.53. The van der Waals surface area contributed by atoms with Crippen LogP contribution in [0, 0.1) is 0 Å². The van der Waals surface area contributed by atoms with Gasteiger partial charge in [-0.25, -0.2) is 4.79 Å². The smallest absolute Gasteiger partial charge is 0.343 e. The summed E-state index contributed by atoms with van der Waals surface area (Å²) in [5.41, 5.74) is 0.0741. The molecule has 1 aromatic carbocycles. The van der Waals surface area contributed by atoms with Crippen molar-refractivity contribution in [2.75, 3.05) is 19.8 Å². The van der Waals surface area contributed by atoms with Crippen molar-refractivity contribution >= 4 is 5.97 Å². The first-order valence-corrected chi connectivity index (χ1v) is 8.93. The Labute approximate surface area is 144 Å². The molecule has 5 heteroatoms. The molecule has 0 radical (unpaired) electrons. The van der Waals surface area contributed by atoms with Crippen LogP contribution in [0.15, 0.2) is 12.1 Å². The summed E-state index contributed by atoms with van der Waals surface area (Å²) in [4.78, 5) is 11.7. The van der Waals surface area contributed by atoms with Crippen molar-refractivity contribution in [3.63, 3.8) is 0 Å². The third kappa shape index (κ3) is 6.69. The molecular formula is C19H30O5. The summed E-state index contributed by atoms with van der Waals surface area (Å²) < 4.78 is 17.1. The average molecular weight is 338 g/mol. The summed E-state index contributed by atoms with van der Waals surface area (Å²) in [6, 6.07) is 3.31. The third-order valence-corrected chi connectivity index (χ3v) is 3.53. The Kier molecular flexibility index (Phi) is 9.73. The molecule has 0 bridgehead atoms. The summed E-state index contributed by atoms with van der Waals surface area (Å²) in [6.07, 6.45) is 5.67. The van der Waals surface area contributed by atoms with E-state index in [1.807, 2.05) is 0 Å². The van der Waals surface area contributed by atoms with Crippen molar-refractivity contribution in [3.8, 4) is 17.2 Å². The SMILES string of the molecule is CCCCOc1cc(OCCCC)c(C(=O)O)c(OCCCC)c1. The molecule has 0 aliphatic heterocycles. The molecule has 0 saturated carbocycles. The number of rotatable bonds is 13. The molecule has 0 unspecified atom stereocenters. The summed E-state index contributed by atoms with van der Waals surface area (Å²) >= 11 is 0. The lowest BCUT2D eigenvalue weighted by Gasteiger charge is -2.16. The van der Waals surface area contributed by atoms with Gasteiger partial charge in [0.25, 0.3) is 0 Å². The van der Waals surface area contributed by atoms with Gasteiger partial charge in [-0.3, -0.25) is 0 Å². The lowest BCUT2D eigenvalue weighted by atomic mass is 10.1. The van der Waals surface area contributed by atoms with Crippen LogP contribution in [-0.2, 0) is 0 Å². The first-order chi connectivity index (χ1) is 11.6. The van der Waals surface area contributed by atoms with Crippen LogP contribution in [0.2, 0.25) is 0 Å². The quantitative estimate of drug-likeness (QED) is 0.517. The Morgan fingerprint density at radius 3 is 1.62 bits per heavy atom. The molecular weight excluding hydrogens is 308 g/mol. The van der Waals surface area contributed by atoms with Crippen LogP contribution in [0.3, 0.4) is 0 Å². The fraction of sp³-hybridized carbons (Fsp3) is 0.632. The number of carboxylic acid groups (broad SMARTS) is 1. The van der Waals surface area contributed by atoms with Crippen molar-refractivity contribution < 1.29 is 24.1 Å². The van der Waals surface area contributed by atoms with Crippen LogP contribution >= 0.6 is 0 Å². The maximum atomic E-state index is 11.7. The maximum Gasteiger partial charge on any atom is 0.343 e. The first kappa shape index (κ1) is 20.1. The minimum absolute atomic E-state index is 0.0741. The van der Waals surface area contributed by atoms with Gasteiger partial charge < -0.3 is 19.3 Å². The predicted molar refractivity (Wildman–Crippen MR) is 94.6 cm³/mol. The van der Waals surface area contributed by atoms with Gasteiger partial charge in [0.1, 0.15) is 22.8 Å². The molecule has 0 aromatic heterocycles.